The molecule has 4 nitrogen and oxygen atoms in total. The Bertz CT molecular complexity index is 582. The first kappa shape index (κ1) is 13.2. The van der Waals surface area contributed by atoms with E-state index in [4.69, 9.17) is 5.73 Å². The zero-order valence-electron chi connectivity index (χ0n) is 9.74. The van der Waals surface area contributed by atoms with E-state index in [1.807, 2.05) is 25.1 Å². The molecule has 0 saturated carbocycles. The summed E-state index contributed by atoms with van der Waals surface area (Å²) in [7, 11) is 0. The van der Waals surface area contributed by atoms with Crippen molar-refractivity contribution in [1.29, 1.82) is 0 Å². The molecule has 2 aromatic rings. The summed E-state index contributed by atoms with van der Waals surface area (Å²) in [4.78, 5) is 16.1. The van der Waals surface area contributed by atoms with E-state index in [2.05, 4.69) is 26.2 Å². The average molecular weight is 326 g/mol. The second-order valence-electron chi connectivity index (χ2n) is 3.74. The van der Waals surface area contributed by atoms with Crippen molar-refractivity contribution in [3.05, 3.63) is 44.3 Å². The number of halogens is 1. The Morgan fingerprint density at radius 1 is 1.56 bits per heavy atom. The largest absolute Gasteiger partial charge is 0.325 e. The van der Waals surface area contributed by atoms with Crippen molar-refractivity contribution >= 4 is 38.9 Å². The number of nitrogens with zero attached hydrogens (tertiary/aromatic N) is 1. The molecule has 0 aliphatic carbocycles. The molecule has 0 spiro atoms. The SMILES string of the molecule is Cc1ccc(Br)cc1NC(=O)c1csc(CN)n1. The topological polar surface area (TPSA) is 68.0 Å². The van der Waals surface area contributed by atoms with Gasteiger partial charge in [-0.25, -0.2) is 4.98 Å². The van der Waals surface area contributed by atoms with Crippen molar-refractivity contribution in [2.75, 3.05) is 5.32 Å². The molecule has 0 bridgehead atoms. The van der Waals surface area contributed by atoms with Gasteiger partial charge in [-0.15, -0.1) is 11.3 Å². The minimum absolute atomic E-state index is 0.216. The third-order valence-corrected chi connectivity index (χ3v) is 3.77. The number of thiazole rings is 1. The number of rotatable bonds is 3. The van der Waals surface area contributed by atoms with Gasteiger partial charge in [-0.3, -0.25) is 4.79 Å². The lowest BCUT2D eigenvalue weighted by Gasteiger charge is -2.07. The Hall–Kier alpha value is -1.24. The fourth-order valence-corrected chi connectivity index (χ4v) is 2.44. The van der Waals surface area contributed by atoms with Crippen LogP contribution in [-0.2, 0) is 6.54 Å². The second kappa shape index (κ2) is 5.60. The van der Waals surface area contributed by atoms with Crippen molar-refractivity contribution < 1.29 is 4.79 Å². The highest BCUT2D eigenvalue weighted by atomic mass is 79.9. The summed E-state index contributed by atoms with van der Waals surface area (Å²) in [5.41, 5.74) is 7.65. The van der Waals surface area contributed by atoms with E-state index in [-0.39, 0.29) is 5.91 Å². The van der Waals surface area contributed by atoms with Crippen molar-refractivity contribution in [2.45, 2.75) is 13.5 Å². The maximum absolute atomic E-state index is 12.0. The molecule has 1 aromatic carbocycles. The molecule has 6 heteroatoms. The number of nitrogens with one attached hydrogen (secondary N) is 1. The number of carbonyl (C=O) groups excluding carboxylic acids is 1. The van der Waals surface area contributed by atoms with E-state index in [0.717, 1.165) is 20.7 Å². The molecule has 18 heavy (non-hydrogen) atoms. The molecular weight excluding hydrogens is 314 g/mol. The van der Waals surface area contributed by atoms with Gasteiger partial charge < -0.3 is 11.1 Å². The Morgan fingerprint density at radius 2 is 2.33 bits per heavy atom. The molecule has 0 aliphatic rings. The minimum Gasteiger partial charge on any atom is -0.325 e. The summed E-state index contributed by atoms with van der Waals surface area (Å²) in [5, 5.41) is 5.31. The van der Waals surface area contributed by atoms with E-state index < -0.39 is 0 Å². The fourth-order valence-electron chi connectivity index (χ4n) is 1.42. The first-order valence-electron chi connectivity index (χ1n) is 5.32. The maximum Gasteiger partial charge on any atom is 0.275 e. The quantitative estimate of drug-likeness (QED) is 0.911. The van der Waals surface area contributed by atoms with E-state index >= 15 is 0 Å². The van der Waals surface area contributed by atoms with Crippen LogP contribution >= 0.6 is 27.3 Å². The maximum atomic E-state index is 12.0. The third-order valence-electron chi connectivity index (χ3n) is 2.41. The predicted molar refractivity (Wildman–Crippen MR) is 76.8 cm³/mol. The van der Waals surface area contributed by atoms with E-state index in [1.54, 1.807) is 5.38 Å². The van der Waals surface area contributed by atoms with Crippen LogP contribution in [-0.4, -0.2) is 10.9 Å². The zero-order chi connectivity index (χ0) is 13.1. The fraction of sp³-hybridized carbons (Fsp3) is 0.167. The predicted octanol–water partition coefficient (Wildman–Crippen LogP) is 2.93. The molecule has 0 fully saturated rings. The van der Waals surface area contributed by atoms with Gasteiger partial charge in [0.2, 0.25) is 0 Å². The van der Waals surface area contributed by atoms with Crippen LogP contribution in [0, 0.1) is 6.92 Å². The first-order chi connectivity index (χ1) is 8.60. The van der Waals surface area contributed by atoms with Crippen LogP contribution in [0.4, 0.5) is 5.69 Å². The van der Waals surface area contributed by atoms with Gasteiger partial charge in [0.05, 0.1) is 0 Å². The highest BCUT2D eigenvalue weighted by molar-refractivity contribution is 9.10. The van der Waals surface area contributed by atoms with Gasteiger partial charge in [-0.2, -0.15) is 0 Å². The Balaban J connectivity index is 2.18. The molecule has 1 heterocycles. The van der Waals surface area contributed by atoms with E-state index in [1.165, 1.54) is 11.3 Å². The van der Waals surface area contributed by atoms with Gasteiger partial charge in [-0.1, -0.05) is 22.0 Å². The highest BCUT2D eigenvalue weighted by Crippen LogP contribution is 2.21. The number of hydrogen-bond donors (Lipinski definition) is 2. The summed E-state index contributed by atoms with van der Waals surface area (Å²) >= 11 is 4.77. The van der Waals surface area contributed by atoms with Crippen LogP contribution in [0.2, 0.25) is 0 Å². The highest BCUT2D eigenvalue weighted by Gasteiger charge is 2.11. The van der Waals surface area contributed by atoms with Gasteiger partial charge in [0.1, 0.15) is 10.7 Å². The van der Waals surface area contributed by atoms with E-state index in [0.29, 0.717) is 12.2 Å². The molecule has 0 saturated heterocycles. The lowest BCUT2D eigenvalue weighted by atomic mass is 10.2. The summed E-state index contributed by atoms with van der Waals surface area (Å²) in [6.07, 6.45) is 0. The smallest absolute Gasteiger partial charge is 0.275 e. The van der Waals surface area contributed by atoms with Crippen LogP contribution in [0.5, 0.6) is 0 Å². The van der Waals surface area contributed by atoms with Gasteiger partial charge in [0.15, 0.2) is 0 Å². The number of hydrogen-bond acceptors (Lipinski definition) is 4. The number of nitrogens with two attached hydrogens (primary N) is 1. The van der Waals surface area contributed by atoms with Crippen molar-refractivity contribution in [3.63, 3.8) is 0 Å². The molecule has 3 N–H and O–H groups in total. The summed E-state index contributed by atoms with van der Waals surface area (Å²) in [6, 6.07) is 5.73. The Labute approximate surface area is 117 Å². The summed E-state index contributed by atoms with van der Waals surface area (Å²) < 4.78 is 0.921. The van der Waals surface area contributed by atoms with Crippen molar-refractivity contribution in [2.24, 2.45) is 5.73 Å². The number of benzene rings is 1. The number of aryl methyl sites for hydroxylation is 1. The normalized spacial score (nSPS) is 10.4. The number of aromatic nitrogens is 1. The summed E-state index contributed by atoms with van der Waals surface area (Å²) in [6.45, 7) is 2.29. The Morgan fingerprint density at radius 3 is 3.00 bits per heavy atom. The summed E-state index contributed by atoms with van der Waals surface area (Å²) in [5.74, 6) is -0.216. The molecule has 94 valence electrons. The average Bonchev–Trinajstić information content (AvgIpc) is 2.82. The second-order valence-corrected chi connectivity index (χ2v) is 5.60. The molecular formula is C12H12BrN3OS. The molecule has 0 unspecified atom stereocenters. The third kappa shape index (κ3) is 2.95. The molecule has 1 aromatic heterocycles. The lowest BCUT2D eigenvalue weighted by molar-refractivity contribution is 0.102. The van der Waals surface area contributed by atoms with Gasteiger partial charge in [0, 0.05) is 22.1 Å². The number of carbonyl (C=O) groups is 1. The number of anilines is 1. The molecule has 0 atom stereocenters. The van der Waals surface area contributed by atoms with Crippen molar-refractivity contribution in [3.8, 4) is 0 Å². The van der Waals surface area contributed by atoms with Crippen LogP contribution < -0.4 is 11.1 Å². The zero-order valence-corrected chi connectivity index (χ0v) is 12.1. The van der Waals surface area contributed by atoms with Crippen LogP contribution in [0.3, 0.4) is 0 Å². The van der Waals surface area contributed by atoms with E-state index in [9.17, 15) is 4.79 Å². The monoisotopic (exact) mass is 325 g/mol. The van der Waals surface area contributed by atoms with Crippen molar-refractivity contribution in [1.82, 2.24) is 4.98 Å². The number of amides is 1. The molecule has 0 radical (unpaired) electrons. The molecule has 0 aliphatic heterocycles. The van der Waals surface area contributed by atoms with Crippen LogP contribution in [0.25, 0.3) is 0 Å². The van der Waals surface area contributed by atoms with Crippen LogP contribution in [0.15, 0.2) is 28.1 Å². The standard InChI is InChI=1S/C12H12BrN3OS/c1-7-2-3-8(13)4-9(7)16-12(17)10-6-18-11(5-14)15-10/h2-4,6H,5,14H2,1H3,(H,16,17). The van der Waals surface area contributed by atoms with Gasteiger partial charge in [0.25, 0.3) is 5.91 Å². The van der Waals surface area contributed by atoms with Gasteiger partial charge in [-0.05, 0) is 24.6 Å². The molecule has 2 rings (SSSR count). The van der Waals surface area contributed by atoms with Gasteiger partial charge >= 0.3 is 0 Å². The Kier molecular flexibility index (Phi) is 4.11. The lowest BCUT2D eigenvalue weighted by Crippen LogP contribution is -2.13. The molecule has 1 amide bonds. The first-order valence-corrected chi connectivity index (χ1v) is 6.99. The minimum atomic E-state index is -0.216. The van der Waals surface area contributed by atoms with Crippen LogP contribution in [0.1, 0.15) is 21.1 Å².